The molecule has 0 spiro atoms. The number of hydrogen-bond donors (Lipinski definition) is 1. The Kier molecular flexibility index (Phi) is 5.63. The maximum atomic E-state index is 13.6. The Morgan fingerprint density at radius 1 is 1.24 bits per heavy atom. The predicted molar refractivity (Wildman–Crippen MR) is 88.1 cm³/mol. The van der Waals surface area contributed by atoms with Gasteiger partial charge in [0.15, 0.2) is 0 Å². The molecule has 2 nitrogen and oxygen atoms in total. The van der Waals surface area contributed by atoms with E-state index in [0.29, 0.717) is 12.0 Å². The first-order chi connectivity index (χ1) is 9.99. The highest BCUT2D eigenvalue weighted by molar-refractivity contribution is 5.56. The van der Waals surface area contributed by atoms with Crippen LogP contribution in [0.25, 0.3) is 0 Å². The zero-order chi connectivity index (χ0) is 15.4. The van der Waals surface area contributed by atoms with E-state index in [4.69, 9.17) is 5.73 Å². The minimum atomic E-state index is -0.193. The lowest BCUT2D eigenvalue weighted by Crippen LogP contribution is -2.36. The molecule has 0 heterocycles. The number of rotatable bonds is 6. The van der Waals surface area contributed by atoms with Gasteiger partial charge in [0.05, 0.1) is 0 Å². The average Bonchev–Trinajstić information content (AvgIpc) is 2.93. The summed E-state index contributed by atoms with van der Waals surface area (Å²) >= 11 is 0. The highest BCUT2D eigenvalue weighted by Crippen LogP contribution is 2.33. The summed E-state index contributed by atoms with van der Waals surface area (Å²) in [6, 6.07) is 5.55. The number of nitrogens with two attached hydrogens (primary N) is 1. The second kappa shape index (κ2) is 7.26. The van der Waals surface area contributed by atoms with E-state index in [1.165, 1.54) is 25.7 Å². The van der Waals surface area contributed by atoms with Crippen molar-refractivity contribution in [2.45, 2.75) is 65.0 Å². The lowest BCUT2D eigenvalue weighted by Gasteiger charge is -2.34. The molecular weight excluding hydrogens is 263 g/mol. The van der Waals surface area contributed by atoms with Crippen molar-refractivity contribution in [2.75, 3.05) is 11.4 Å². The van der Waals surface area contributed by atoms with E-state index in [2.05, 4.69) is 18.7 Å². The van der Waals surface area contributed by atoms with E-state index >= 15 is 0 Å². The molecule has 3 heteroatoms. The van der Waals surface area contributed by atoms with Crippen LogP contribution in [0, 0.1) is 11.7 Å². The summed E-state index contributed by atoms with van der Waals surface area (Å²) in [7, 11) is 0. The lowest BCUT2D eigenvalue weighted by molar-refractivity contribution is 0.525. The van der Waals surface area contributed by atoms with Gasteiger partial charge in [-0.3, -0.25) is 0 Å². The number of anilines is 1. The van der Waals surface area contributed by atoms with E-state index in [1.807, 2.05) is 13.0 Å². The first-order valence-corrected chi connectivity index (χ1v) is 8.30. The van der Waals surface area contributed by atoms with Crippen LogP contribution in [0.5, 0.6) is 0 Å². The molecule has 1 aliphatic carbocycles. The molecule has 1 atom stereocenters. The van der Waals surface area contributed by atoms with Crippen molar-refractivity contribution in [1.29, 1.82) is 0 Å². The minimum absolute atomic E-state index is 0.140. The summed E-state index contributed by atoms with van der Waals surface area (Å²) in [6.07, 6.45) is 6.25. The molecule has 0 unspecified atom stereocenters. The Labute approximate surface area is 128 Å². The second-order valence-corrected chi connectivity index (χ2v) is 6.81. The summed E-state index contributed by atoms with van der Waals surface area (Å²) in [5.74, 6) is 0.481. The monoisotopic (exact) mass is 292 g/mol. The molecule has 0 bridgehead atoms. The van der Waals surface area contributed by atoms with Gasteiger partial charge in [-0.2, -0.15) is 0 Å². The Morgan fingerprint density at radius 3 is 2.48 bits per heavy atom. The van der Waals surface area contributed by atoms with Gasteiger partial charge < -0.3 is 10.6 Å². The van der Waals surface area contributed by atoms with E-state index in [0.717, 1.165) is 24.2 Å². The summed E-state index contributed by atoms with van der Waals surface area (Å²) in [5, 5.41) is 0. The molecule has 0 aromatic heterocycles. The molecule has 0 radical (unpaired) electrons. The van der Waals surface area contributed by atoms with Crippen LogP contribution in [-0.4, -0.2) is 12.6 Å². The largest absolute Gasteiger partial charge is 0.368 e. The third kappa shape index (κ3) is 4.19. The van der Waals surface area contributed by atoms with Crippen LogP contribution < -0.4 is 10.6 Å². The van der Waals surface area contributed by atoms with Gasteiger partial charge in [0, 0.05) is 24.3 Å². The van der Waals surface area contributed by atoms with Gasteiger partial charge in [-0.25, -0.2) is 4.39 Å². The third-order valence-electron chi connectivity index (χ3n) is 4.50. The quantitative estimate of drug-likeness (QED) is 0.827. The first-order valence-electron chi connectivity index (χ1n) is 8.30. The van der Waals surface area contributed by atoms with Crippen molar-refractivity contribution in [3.63, 3.8) is 0 Å². The minimum Gasteiger partial charge on any atom is -0.368 e. The molecule has 1 aromatic carbocycles. The van der Waals surface area contributed by atoms with Gasteiger partial charge in [-0.15, -0.1) is 0 Å². The molecule has 21 heavy (non-hydrogen) atoms. The Balaban J connectivity index is 2.30. The SMILES string of the molecule is CC(C)CCN(c1ccc(F)cc1[C@H](C)N)C1CCCC1. The topological polar surface area (TPSA) is 29.3 Å². The number of nitrogens with zero attached hydrogens (tertiary/aromatic N) is 1. The van der Waals surface area contributed by atoms with E-state index < -0.39 is 0 Å². The van der Waals surface area contributed by atoms with Crippen molar-refractivity contribution in [2.24, 2.45) is 11.7 Å². The van der Waals surface area contributed by atoms with Crippen LogP contribution in [0.15, 0.2) is 18.2 Å². The van der Waals surface area contributed by atoms with Gasteiger partial charge >= 0.3 is 0 Å². The Morgan fingerprint density at radius 2 is 1.90 bits per heavy atom. The molecule has 0 amide bonds. The van der Waals surface area contributed by atoms with Crippen molar-refractivity contribution in [3.05, 3.63) is 29.6 Å². The van der Waals surface area contributed by atoms with Crippen LogP contribution in [0.4, 0.5) is 10.1 Å². The second-order valence-electron chi connectivity index (χ2n) is 6.81. The van der Waals surface area contributed by atoms with Crippen molar-refractivity contribution >= 4 is 5.69 Å². The fourth-order valence-electron chi connectivity index (χ4n) is 3.26. The van der Waals surface area contributed by atoms with Crippen LogP contribution in [-0.2, 0) is 0 Å². The molecule has 2 rings (SSSR count). The molecular formula is C18H29FN2. The van der Waals surface area contributed by atoms with E-state index in [1.54, 1.807) is 12.1 Å². The number of benzene rings is 1. The van der Waals surface area contributed by atoms with Crippen LogP contribution in [0.3, 0.4) is 0 Å². The molecule has 1 aliphatic rings. The van der Waals surface area contributed by atoms with Gasteiger partial charge in [0.2, 0.25) is 0 Å². The van der Waals surface area contributed by atoms with Crippen molar-refractivity contribution in [3.8, 4) is 0 Å². The normalized spacial score (nSPS) is 17.4. The fourth-order valence-corrected chi connectivity index (χ4v) is 3.26. The summed E-state index contributed by atoms with van der Waals surface area (Å²) in [5.41, 5.74) is 8.16. The molecule has 1 fully saturated rings. The average molecular weight is 292 g/mol. The molecule has 0 aliphatic heterocycles. The summed E-state index contributed by atoms with van der Waals surface area (Å²) in [6.45, 7) is 7.48. The molecule has 0 saturated heterocycles. The first kappa shape index (κ1) is 16.3. The van der Waals surface area contributed by atoms with Gasteiger partial charge in [0.25, 0.3) is 0 Å². The number of halogens is 1. The Bertz CT molecular complexity index is 451. The zero-order valence-electron chi connectivity index (χ0n) is 13.6. The molecule has 1 aromatic rings. The van der Waals surface area contributed by atoms with Gasteiger partial charge in [-0.05, 0) is 55.9 Å². The Hall–Kier alpha value is -1.09. The maximum absolute atomic E-state index is 13.6. The standard InChI is InChI=1S/C18H29FN2/c1-13(2)10-11-21(16-6-4-5-7-16)18-9-8-15(19)12-17(18)14(3)20/h8-9,12-14,16H,4-7,10-11,20H2,1-3H3/t14-/m0/s1. The molecule has 118 valence electrons. The van der Waals surface area contributed by atoms with Crippen molar-refractivity contribution < 1.29 is 4.39 Å². The van der Waals surface area contributed by atoms with Gasteiger partial charge in [-0.1, -0.05) is 26.7 Å². The van der Waals surface area contributed by atoms with E-state index in [-0.39, 0.29) is 11.9 Å². The smallest absolute Gasteiger partial charge is 0.123 e. The summed E-state index contributed by atoms with van der Waals surface area (Å²) in [4.78, 5) is 2.49. The van der Waals surface area contributed by atoms with Crippen LogP contribution in [0.2, 0.25) is 0 Å². The van der Waals surface area contributed by atoms with Crippen LogP contribution >= 0.6 is 0 Å². The highest BCUT2D eigenvalue weighted by atomic mass is 19.1. The van der Waals surface area contributed by atoms with E-state index in [9.17, 15) is 4.39 Å². The highest BCUT2D eigenvalue weighted by Gasteiger charge is 2.25. The summed E-state index contributed by atoms with van der Waals surface area (Å²) < 4.78 is 13.6. The maximum Gasteiger partial charge on any atom is 0.123 e. The number of hydrogen-bond acceptors (Lipinski definition) is 2. The fraction of sp³-hybridized carbons (Fsp3) is 0.667. The zero-order valence-corrected chi connectivity index (χ0v) is 13.6. The van der Waals surface area contributed by atoms with Crippen molar-refractivity contribution in [1.82, 2.24) is 0 Å². The molecule has 1 saturated carbocycles. The lowest BCUT2D eigenvalue weighted by atomic mass is 10.0. The van der Waals surface area contributed by atoms with Crippen LogP contribution in [0.1, 0.15) is 64.5 Å². The van der Waals surface area contributed by atoms with Gasteiger partial charge in [0.1, 0.15) is 5.82 Å². The predicted octanol–water partition coefficient (Wildman–Crippen LogP) is 4.64. The third-order valence-corrected chi connectivity index (χ3v) is 4.50. The molecule has 2 N–H and O–H groups in total.